The summed E-state index contributed by atoms with van der Waals surface area (Å²) in [6, 6.07) is 15.3. The number of aliphatic hydroxyl groups excluding tert-OH is 3. The summed E-state index contributed by atoms with van der Waals surface area (Å²) in [4.78, 5) is 103. The van der Waals surface area contributed by atoms with Crippen LogP contribution in [0.4, 0.5) is 0 Å². The van der Waals surface area contributed by atoms with Crippen molar-refractivity contribution in [3.63, 3.8) is 0 Å². The molecule has 0 radical (unpaired) electrons. The van der Waals surface area contributed by atoms with E-state index in [2.05, 4.69) is 47.5 Å². The van der Waals surface area contributed by atoms with Crippen molar-refractivity contribution in [2.75, 3.05) is 31.7 Å². The van der Waals surface area contributed by atoms with Crippen LogP contribution in [0.25, 0.3) is 10.9 Å². The van der Waals surface area contributed by atoms with E-state index in [0.29, 0.717) is 24.0 Å². The highest BCUT2D eigenvalue weighted by molar-refractivity contribution is 8.76. The minimum atomic E-state index is -1.66. The molecule has 1 aliphatic rings. The molecule has 10 atom stereocenters. The van der Waals surface area contributed by atoms with Gasteiger partial charge < -0.3 is 68.6 Å². The third-order valence-electron chi connectivity index (χ3n) is 12.2. The van der Waals surface area contributed by atoms with Gasteiger partial charge in [0, 0.05) is 41.4 Å². The molecule has 0 spiro atoms. The fourth-order valence-corrected chi connectivity index (χ4v) is 10.3. The second-order valence-electron chi connectivity index (χ2n) is 17.7. The van der Waals surface area contributed by atoms with Crippen molar-refractivity contribution in [1.82, 2.24) is 47.5 Å². The zero-order valence-electron chi connectivity index (χ0n) is 40.6. The number of H-pyrrole nitrogens is 1. The van der Waals surface area contributed by atoms with Gasteiger partial charge in [-0.15, -0.1) is 0 Å². The second-order valence-corrected chi connectivity index (χ2v) is 20.3. The van der Waals surface area contributed by atoms with E-state index in [1.165, 1.54) is 13.8 Å². The van der Waals surface area contributed by atoms with Gasteiger partial charge in [-0.3, -0.25) is 33.6 Å². The van der Waals surface area contributed by atoms with E-state index in [1.807, 2.05) is 54.6 Å². The molecule has 0 aliphatic carbocycles. The van der Waals surface area contributed by atoms with Crippen LogP contribution in [-0.2, 0) is 52.8 Å². The third kappa shape index (κ3) is 17.1. The molecule has 7 amide bonds. The van der Waals surface area contributed by atoms with Crippen LogP contribution in [0, 0.1) is 0 Å². The Labute approximate surface area is 426 Å². The number of fused-ring (bicyclic) bond motifs is 1. The van der Waals surface area contributed by atoms with Gasteiger partial charge in [0.05, 0.1) is 30.9 Å². The van der Waals surface area contributed by atoms with Crippen LogP contribution >= 0.6 is 21.6 Å². The first-order valence-electron chi connectivity index (χ1n) is 24.0. The second kappa shape index (κ2) is 28.9. The summed E-state index contributed by atoms with van der Waals surface area (Å²) in [6.07, 6.45) is 0.0298. The number of carbonyl (C=O) groups excluding carboxylic acids is 7. The van der Waals surface area contributed by atoms with Crippen LogP contribution in [0.3, 0.4) is 0 Å². The molecule has 1 aromatic heterocycles. The van der Waals surface area contributed by atoms with Crippen LogP contribution in [0.5, 0.6) is 0 Å². The summed E-state index contributed by atoms with van der Waals surface area (Å²) >= 11 is 0. The first kappa shape index (κ1) is 56.9. The van der Waals surface area contributed by atoms with Gasteiger partial charge in [0.2, 0.25) is 41.4 Å². The SMILES string of the molecule is CN[C@H](Cc1ccccc1)C(=O)N[C@H]1CSSC[C@@H](C(=O)N[C@H](CO)C(C)O)NC(=O)[C@H](C(C)O)NC(=O)[C@H](CCCCN)NC(=O)[C@@H](Cc2c[nH]c3ccccc23)NC(=O)[C@H](Cc2ccccc2)NC1=O. The molecule has 4 aromatic rings. The number of carbonyl (C=O) groups is 7. The number of aromatic amines is 1. The molecule has 0 bridgehead atoms. The number of rotatable bonds is 18. The van der Waals surface area contributed by atoms with Gasteiger partial charge in [0.15, 0.2) is 0 Å². The van der Waals surface area contributed by atoms with Gasteiger partial charge in [0.1, 0.15) is 36.3 Å². The number of benzene rings is 3. The first-order valence-corrected chi connectivity index (χ1v) is 26.4. The predicted octanol–water partition coefficient (Wildman–Crippen LogP) is -0.545. The maximum Gasteiger partial charge on any atom is 0.245 e. The highest BCUT2D eigenvalue weighted by Crippen LogP contribution is 2.24. The lowest BCUT2D eigenvalue weighted by Crippen LogP contribution is -2.62. The normalized spacial score (nSPS) is 22.7. The number of nitrogens with two attached hydrogens (primary N) is 1. The number of amides is 7. The van der Waals surface area contributed by atoms with E-state index in [9.17, 15) is 48.9 Å². The Hall–Kier alpha value is -6.01. The van der Waals surface area contributed by atoms with Crippen molar-refractivity contribution in [1.29, 1.82) is 0 Å². The molecule has 0 saturated carbocycles. The zero-order valence-corrected chi connectivity index (χ0v) is 42.2. The lowest BCUT2D eigenvalue weighted by molar-refractivity contribution is -0.136. The lowest BCUT2D eigenvalue weighted by atomic mass is 10.0. The number of likely N-dealkylation sites (N-methyl/N-ethyl adjacent to an activating group) is 1. The van der Waals surface area contributed by atoms with E-state index in [1.54, 1.807) is 43.6 Å². The number of nitrogens with one attached hydrogen (secondary N) is 9. The van der Waals surface area contributed by atoms with Gasteiger partial charge in [-0.25, -0.2) is 0 Å². The van der Waals surface area contributed by atoms with E-state index >= 15 is 0 Å². The van der Waals surface area contributed by atoms with E-state index in [-0.39, 0.29) is 43.7 Å². The van der Waals surface area contributed by atoms with Crippen LogP contribution in [0.2, 0.25) is 0 Å². The monoisotopic (exact) mass is 1030 g/mol. The summed E-state index contributed by atoms with van der Waals surface area (Å²) in [6.45, 7) is 2.25. The smallest absolute Gasteiger partial charge is 0.245 e. The molecular formula is C50H68N10O10S2. The van der Waals surface area contributed by atoms with Crippen molar-refractivity contribution >= 4 is 73.8 Å². The zero-order chi connectivity index (χ0) is 52.2. The Morgan fingerprint density at radius 1 is 0.722 bits per heavy atom. The Morgan fingerprint density at radius 3 is 1.96 bits per heavy atom. The maximum atomic E-state index is 14.8. The average Bonchev–Trinajstić information content (AvgIpc) is 3.78. The number of hydrogen-bond donors (Lipinski definition) is 13. The summed E-state index contributed by atoms with van der Waals surface area (Å²) in [5.74, 6) is -5.74. The highest BCUT2D eigenvalue weighted by atomic mass is 33.1. The molecule has 1 fully saturated rings. The van der Waals surface area contributed by atoms with Crippen molar-refractivity contribution in [3.05, 3.63) is 108 Å². The van der Waals surface area contributed by atoms with Crippen LogP contribution in [-0.4, -0.2) is 154 Å². The fourth-order valence-electron chi connectivity index (χ4n) is 7.94. The minimum Gasteiger partial charge on any atom is -0.394 e. The van der Waals surface area contributed by atoms with Crippen molar-refractivity contribution < 1.29 is 48.9 Å². The molecule has 14 N–H and O–H groups in total. The number of aromatic nitrogens is 1. The molecule has 1 aliphatic heterocycles. The minimum absolute atomic E-state index is 0.0296. The topological polar surface area (TPSA) is 318 Å². The van der Waals surface area contributed by atoms with Crippen LogP contribution < -0.4 is 48.3 Å². The molecule has 1 saturated heterocycles. The molecular weight excluding hydrogens is 965 g/mol. The summed E-state index contributed by atoms with van der Waals surface area (Å²) in [7, 11) is 3.72. The number of para-hydroxylation sites is 1. The summed E-state index contributed by atoms with van der Waals surface area (Å²) < 4.78 is 0. The highest BCUT2D eigenvalue weighted by Gasteiger charge is 2.36. The van der Waals surface area contributed by atoms with Gasteiger partial charge in [0.25, 0.3) is 0 Å². The largest absolute Gasteiger partial charge is 0.394 e. The van der Waals surface area contributed by atoms with Gasteiger partial charge in [-0.05, 0) is 75.9 Å². The van der Waals surface area contributed by atoms with E-state index < -0.39 is 108 Å². The quantitative estimate of drug-likeness (QED) is 0.0440. The molecule has 2 heterocycles. The van der Waals surface area contributed by atoms with Gasteiger partial charge >= 0.3 is 0 Å². The van der Waals surface area contributed by atoms with Gasteiger partial charge in [-0.1, -0.05) is 100 Å². The number of unbranched alkanes of at least 4 members (excludes halogenated alkanes) is 1. The van der Waals surface area contributed by atoms with Crippen molar-refractivity contribution in [3.8, 4) is 0 Å². The standard InChI is InChI=1S/C50H68N10O10S2/c1-29(62)40(26-61)57-49(69)42-28-72-71-27-41(58-45(65)37(52-3)22-31-14-6-4-7-15-31)48(68)55-38(23-32-16-8-5-9-17-32)46(66)56-39(24-33-25-53-35-19-11-10-18-34(33)35)47(67)54-36(20-12-13-21-51)44(64)60-43(30(2)63)50(70)59-42/h4-11,14-19,25,29-30,36-43,52-53,61-63H,12-13,20-24,26-28,51H2,1-3H3,(H,54,67)(H,55,68)(H,56,66)(H,57,69)(H,58,65)(H,59,70)(H,60,64)/t29?,30?,36-,37+,38-,39+,40+,41-,42-,43-/m0/s1. The van der Waals surface area contributed by atoms with Crippen LogP contribution in [0.1, 0.15) is 49.8 Å². The Kier molecular flexibility index (Phi) is 22.8. The molecule has 390 valence electrons. The van der Waals surface area contributed by atoms with E-state index in [4.69, 9.17) is 5.73 Å². The molecule has 20 nitrogen and oxygen atoms in total. The lowest BCUT2D eigenvalue weighted by Gasteiger charge is -2.29. The molecule has 72 heavy (non-hydrogen) atoms. The Morgan fingerprint density at radius 2 is 1.32 bits per heavy atom. The molecule has 3 aromatic carbocycles. The predicted molar refractivity (Wildman–Crippen MR) is 277 cm³/mol. The molecule has 22 heteroatoms. The third-order valence-corrected chi connectivity index (χ3v) is 14.6. The number of aliphatic hydroxyl groups is 3. The van der Waals surface area contributed by atoms with E-state index in [0.717, 1.165) is 38.1 Å². The fraction of sp³-hybridized carbons (Fsp3) is 0.460. The average molecular weight is 1030 g/mol. The first-order chi connectivity index (χ1) is 34.6. The summed E-state index contributed by atoms with van der Waals surface area (Å²) in [5, 5.41) is 53.8. The van der Waals surface area contributed by atoms with Crippen molar-refractivity contribution in [2.45, 2.75) is 113 Å². The maximum absolute atomic E-state index is 14.8. The van der Waals surface area contributed by atoms with Crippen molar-refractivity contribution in [2.24, 2.45) is 5.73 Å². The molecule has 2 unspecified atom stereocenters. The Balaban J connectivity index is 1.57. The van der Waals surface area contributed by atoms with Crippen LogP contribution in [0.15, 0.2) is 91.1 Å². The summed E-state index contributed by atoms with van der Waals surface area (Å²) in [5.41, 5.74) is 8.75. The molecule has 5 rings (SSSR count). The Bertz CT molecular complexity index is 2410. The van der Waals surface area contributed by atoms with Gasteiger partial charge in [-0.2, -0.15) is 0 Å². The number of hydrogen-bond acceptors (Lipinski definition) is 14.